The van der Waals surface area contributed by atoms with E-state index in [2.05, 4.69) is 114 Å². The van der Waals surface area contributed by atoms with Gasteiger partial charge in [0, 0.05) is 26.8 Å². The number of hydrogen-bond acceptors (Lipinski definition) is 3. The quantitative estimate of drug-likeness (QED) is 0.220. The molecule has 0 amide bonds. The van der Waals surface area contributed by atoms with Crippen molar-refractivity contribution in [3.63, 3.8) is 0 Å². The van der Waals surface area contributed by atoms with Crippen LogP contribution in [0.3, 0.4) is 0 Å². The first-order valence-electron chi connectivity index (χ1n) is 12.6. The van der Waals surface area contributed by atoms with Crippen molar-refractivity contribution < 1.29 is 0 Å². The van der Waals surface area contributed by atoms with Crippen LogP contribution in [0.1, 0.15) is 22.1 Å². The molecule has 2 unspecified atom stereocenters. The normalized spacial score (nSPS) is 18.1. The molecule has 5 aromatic carbocycles. The lowest BCUT2D eigenvalue weighted by Gasteiger charge is -2.19. The first kappa shape index (κ1) is 20.2. The number of nitrogens with zero attached hydrogens (tertiary/aromatic N) is 2. The molecule has 2 atom stereocenters. The second kappa shape index (κ2) is 7.34. The molecule has 0 N–H and O–H groups in total. The minimum atomic E-state index is 0.320. The Morgan fingerprint density at radius 3 is 1.95 bits per heavy atom. The Morgan fingerprint density at radius 1 is 0.676 bits per heavy atom. The predicted octanol–water partition coefficient (Wildman–Crippen LogP) is 9.18. The third-order valence-corrected chi connectivity index (χ3v) is 10.3. The van der Waals surface area contributed by atoms with Gasteiger partial charge in [-0.3, -0.25) is 4.57 Å². The number of aromatic nitrogens is 2. The summed E-state index contributed by atoms with van der Waals surface area (Å²) >= 11 is 3.78. The molecular formula is C33H20N2S2. The van der Waals surface area contributed by atoms with Crippen molar-refractivity contribution in [2.75, 3.05) is 0 Å². The van der Waals surface area contributed by atoms with E-state index in [1.807, 2.05) is 23.1 Å². The van der Waals surface area contributed by atoms with E-state index in [4.69, 9.17) is 4.98 Å². The molecule has 1 aliphatic heterocycles. The van der Waals surface area contributed by atoms with E-state index in [-0.39, 0.29) is 0 Å². The lowest BCUT2D eigenvalue weighted by Crippen LogP contribution is -2.13. The van der Waals surface area contributed by atoms with Crippen LogP contribution < -0.4 is 0 Å². The van der Waals surface area contributed by atoms with E-state index in [1.54, 1.807) is 0 Å². The minimum Gasteiger partial charge on any atom is -0.285 e. The maximum absolute atomic E-state index is 5.41. The number of thiazole rings is 1. The SMILES string of the molecule is C1=CC2Sc3ccccc3C2c2nc(-n3c4cc5ccccc5cc4c4cc5ccccc5cc43)sc21. The first-order chi connectivity index (χ1) is 18.3. The number of rotatable bonds is 1. The fourth-order valence-electron chi connectivity index (χ4n) is 6.24. The van der Waals surface area contributed by atoms with E-state index in [0.717, 1.165) is 5.13 Å². The molecule has 2 nitrogen and oxygen atoms in total. The molecule has 174 valence electrons. The summed E-state index contributed by atoms with van der Waals surface area (Å²) in [6, 6.07) is 35.6. The zero-order valence-corrected chi connectivity index (χ0v) is 21.4. The number of thioether (sulfide) groups is 1. The molecule has 0 radical (unpaired) electrons. The minimum absolute atomic E-state index is 0.320. The van der Waals surface area contributed by atoms with E-state index in [1.165, 1.54) is 64.4 Å². The van der Waals surface area contributed by atoms with Crippen LogP contribution in [-0.2, 0) is 0 Å². The van der Waals surface area contributed by atoms with Crippen molar-refractivity contribution in [3.8, 4) is 5.13 Å². The zero-order valence-electron chi connectivity index (χ0n) is 19.8. The largest absolute Gasteiger partial charge is 0.285 e. The molecule has 37 heavy (non-hydrogen) atoms. The van der Waals surface area contributed by atoms with Crippen molar-refractivity contribution in [1.29, 1.82) is 0 Å². The second-order valence-corrected chi connectivity index (χ2v) is 12.2. The highest BCUT2D eigenvalue weighted by Crippen LogP contribution is 2.53. The molecule has 1 aliphatic carbocycles. The molecule has 0 saturated carbocycles. The van der Waals surface area contributed by atoms with Gasteiger partial charge in [-0.15, -0.1) is 11.8 Å². The summed E-state index contributed by atoms with van der Waals surface area (Å²) in [4.78, 5) is 8.08. The van der Waals surface area contributed by atoms with Gasteiger partial charge in [0.2, 0.25) is 0 Å². The van der Waals surface area contributed by atoms with Crippen LogP contribution in [0, 0.1) is 0 Å². The van der Waals surface area contributed by atoms with Gasteiger partial charge in [-0.2, -0.15) is 0 Å². The molecular weight excluding hydrogens is 489 g/mol. The van der Waals surface area contributed by atoms with Crippen molar-refractivity contribution in [2.24, 2.45) is 0 Å². The van der Waals surface area contributed by atoms with Crippen LogP contribution in [0.5, 0.6) is 0 Å². The van der Waals surface area contributed by atoms with E-state index in [0.29, 0.717) is 11.2 Å². The van der Waals surface area contributed by atoms with Gasteiger partial charge in [0.1, 0.15) is 0 Å². The standard InChI is InChI=1S/C33H20N2S2/c1-3-9-21-17-26-24(15-19(21)7-1)25-16-20-8-2-4-10-22(20)18-27(25)35(26)33-34-32-30(37-33)14-13-29-31(32)23-11-5-6-12-28(23)36-29/h1-18,29,31H. The Balaban J connectivity index is 1.36. The maximum Gasteiger partial charge on any atom is 0.195 e. The van der Waals surface area contributed by atoms with Gasteiger partial charge in [-0.25, -0.2) is 4.98 Å². The summed E-state index contributed by atoms with van der Waals surface area (Å²) in [5.41, 5.74) is 5.08. The summed E-state index contributed by atoms with van der Waals surface area (Å²) in [6.45, 7) is 0. The zero-order chi connectivity index (χ0) is 24.1. The molecule has 0 bridgehead atoms. The Bertz CT molecular complexity index is 2000. The van der Waals surface area contributed by atoms with Crippen LogP contribution >= 0.6 is 23.1 Å². The number of benzene rings is 5. The molecule has 7 aromatic rings. The van der Waals surface area contributed by atoms with E-state index < -0.39 is 0 Å². The topological polar surface area (TPSA) is 17.8 Å². The molecule has 3 heterocycles. The Labute approximate surface area is 221 Å². The van der Waals surface area contributed by atoms with E-state index >= 15 is 0 Å². The smallest absolute Gasteiger partial charge is 0.195 e. The van der Waals surface area contributed by atoms with Gasteiger partial charge in [0.25, 0.3) is 0 Å². The predicted molar refractivity (Wildman–Crippen MR) is 158 cm³/mol. The molecule has 2 aliphatic rings. The van der Waals surface area contributed by atoms with Crippen molar-refractivity contribution in [3.05, 3.63) is 119 Å². The van der Waals surface area contributed by atoms with Gasteiger partial charge in [0.05, 0.1) is 21.6 Å². The van der Waals surface area contributed by atoms with Gasteiger partial charge >= 0.3 is 0 Å². The van der Waals surface area contributed by atoms with Crippen molar-refractivity contribution >= 4 is 72.5 Å². The van der Waals surface area contributed by atoms with Crippen molar-refractivity contribution in [2.45, 2.75) is 16.1 Å². The Morgan fingerprint density at radius 2 is 1.27 bits per heavy atom. The van der Waals surface area contributed by atoms with Crippen molar-refractivity contribution in [1.82, 2.24) is 9.55 Å². The highest BCUT2D eigenvalue weighted by molar-refractivity contribution is 8.00. The summed E-state index contributed by atoms with van der Waals surface area (Å²) in [5.74, 6) is 0.320. The van der Waals surface area contributed by atoms with Crippen LogP contribution in [0.25, 0.3) is 54.6 Å². The fraction of sp³-hybridized carbons (Fsp3) is 0.0606. The average Bonchev–Trinajstić information content (AvgIpc) is 3.61. The van der Waals surface area contributed by atoms with Crippen LogP contribution in [0.2, 0.25) is 0 Å². The summed E-state index contributed by atoms with van der Waals surface area (Å²) < 4.78 is 2.41. The van der Waals surface area contributed by atoms with Crippen LogP contribution in [-0.4, -0.2) is 14.8 Å². The third-order valence-electron chi connectivity index (χ3n) is 7.94. The number of hydrogen-bond donors (Lipinski definition) is 0. The molecule has 4 heteroatoms. The van der Waals surface area contributed by atoms with E-state index in [9.17, 15) is 0 Å². The average molecular weight is 509 g/mol. The maximum atomic E-state index is 5.41. The molecule has 0 fully saturated rings. The lowest BCUT2D eigenvalue weighted by molar-refractivity contribution is 0.812. The molecule has 0 spiro atoms. The van der Waals surface area contributed by atoms with Crippen LogP contribution in [0.15, 0.2) is 108 Å². The highest BCUT2D eigenvalue weighted by Gasteiger charge is 2.38. The summed E-state index contributed by atoms with van der Waals surface area (Å²) in [5, 5.41) is 9.08. The summed E-state index contributed by atoms with van der Waals surface area (Å²) in [6.07, 6.45) is 4.68. The second-order valence-electron chi connectivity index (χ2n) is 9.97. The molecule has 2 aromatic heterocycles. The fourth-order valence-corrected chi connectivity index (χ4v) is 8.64. The number of fused-ring (bicyclic) bond motifs is 10. The van der Waals surface area contributed by atoms with Gasteiger partial charge in [0.15, 0.2) is 5.13 Å². The lowest BCUT2D eigenvalue weighted by atomic mass is 9.89. The highest BCUT2D eigenvalue weighted by atomic mass is 32.2. The monoisotopic (exact) mass is 508 g/mol. The van der Waals surface area contributed by atoms with Gasteiger partial charge < -0.3 is 0 Å². The Hall–Kier alpha value is -3.86. The van der Waals surface area contributed by atoms with Crippen LogP contribution in [0.4, 0.5) is 0 Å². The van der Waals surface area contributed by atoms with Gasteiger partial charge in [-0.1, -0.05) is 84.1 Å². The Kier molecular flexibility index (Phi) is 4.02. The van der Waals surface area contributed by atoms with Gasteiger partial charge in [-0.05, 0) is 63.5 Å². The molecule has 9 rings (SSSR count). The first-order valence-corrected chi connectivity index (χ1v) is 14.3. The molecule has 0 saturated heterocycles. The third kappa shape index (κ3) is 2.80. The summed E-state index contributed by atoms with van der Waals surface area (Å²) in [7, 11) is 0.